The Bertz CT molecular complexity index is 1170. The quantitative estimate of drug-likeness (QED) is 0.682. The van der Waals surface area contributed by atoms with Crippen molar-refractivity contribution in [3.8, 4) is 0 Å². The zero-order chi connectivity index (χ0) is 21.1. The maximum Gasteiger partial charge on any atom is 0.251 e. The minimum absolute atomic E-state index is 0.121. The van der Waals surface area contributed by atoms with Gasteiger partial charge in [-0.1, -0.05) is 42.5 Å². The van der Waals surface area contributed by atoms with E-state index in [1.807, 2.05) is 43.3 Å². The molecule has 4 rings (SSSR count). The Labute approximate surface area is 176 Å². The number of carbonyl (C=O) groups is 1. The molecule has 3 aromatic rings. The molecule has 1 amide bonds. The van der Waals surface area contributed by atoms with Gasteiger partial charge in [-0.25, -0.2) is 8.42 Å². The highest BCUT2D eigenvalue weighted by molar-refractivity contribution is 7.89. The van der Waals surface area contributed by atoms with Crippen LogP contribution in [0.5, 0.6) is 0 Å². The topological polar surface area (TPSA) is 75.7 Å². The molecule has 0 unspecified atom stereocenters. The van der Waals surface area contributed by atoms with Crippen LogP contribution in [0.15, 0.2) is 71.6 Å². The van der Waals surface area contributed by atoms with E-state index in [-0.39, 0.29) is 16.8 Å². The van der Waals surface area contributed by atoms with Gasteiger partial charge in [-0.2, -0.15) is 4.31 Å². The number of sulfonamides is 1. The number of rotatable bonds is 5. The fourth-order valence-corrected chi connectivity index (χ4v) is 5.03. The summed E-state index contributed by atoms with van der Waals surface area (Å²) in [5.74, 6) is -0.310. The fourth-order valence-electron chi connectivity index (χ4n) is 3.57. The Morgan fingerprint density at radius 3 is 2.47 bits per heavy atom. The van der Waals surface area contributed by atoms with Crippen LogP contribution in [0.4, 0.5) is 0 Å². The van der Waals surface area contributed by atoms with Crippen LogP contribution in [0, 0.1) is 0 Å². The van der Waals surface area contributed by atoms with Crippen molar-refractivity contribution >= 4 is 26.7 Å². The molecule has 3 aromatic carbocycles. The Hall–Kier alpha value is -2.74. The lowest BCUT2D eigenvalue weighted by Crippen LogP contribution is -2.40. The predicted octanol–water partition coefficient (Wildman–Crippen LogP) is 3.35. The Kier molecular flexibility index (Phi) is 5.85. The molecule has 0 spiro atoms. The summed E-state index contributed by atoms with van der Waals surface area (Å²) in [7, 11) is -3.65. The molecule has 0 aliphatic carbocycles. The molecule has 6 nitrogen and oxygen atoms in total. The number of carbonyl (C=O) groups excluding carboxylic acids is 1. The maximum absolute atomic E-state index is 12.9. The van der Waals surface area contributed by atoms with Crippen molar-refractivity contribution in [2.45, 2.75) is 17.9 Å². The number of ether oxygens (including phenoxy) is 1. The van der Waals surface area contributed by atoms with Crippen molar-refractivity contribution in [3.63, 3.8) is 0 Å². The third-order valence-electron chi connectivity index (χ3n) is 5.33. The standard InChI is InChI=1S/C23H24N2O4S/c1-17(19-10-9-18-5-2-3-6-20(18)15-19)24-23(26)21-7-4-8-22(16-21)30(27,28)25-11-13-29-14-12-25/h2-10,15-17H,11-14H2,1H3,(H,24,26)/t17-/m0/s1. The smallest absolute Gasteiger partial charge is 0.251 e. The van der Waals surface area contributed by atoms with Crippen LogP contribution in [-0.2, 0) is 14.8 Å². The number of fused-ring (bicyclic) bond motifs is 1. The molecule has 0 bridgehead atoms. The number of hydrogen-bond donors (Lipinski definition) is 1. The Morgan fingerprint density at radius 2 is 1.70 bits per heavy atom. The summed E-state index contributed by atoms with van der Waals surface area (Å²) in [5, 5.41) is 5.21. The van der Waals surface area contributed by atoms with Gasteiger partial charge in [0, 0.05) is 18.7 Å². The molecule has 1 aliphatic heterocycles. The number of hydrogen-bond acceptors (Lipinski definition) is 4. The highest BCUT2D eigenvalue weighted by Gasteiger charge is 2.27. The highest BCUT2D eigenvalue weighted by atomic mass is 32.2. The van der Waals surface area contributed by atoms with E-state index in [2.05, 4.69) is 11.4 Å². The predicted molar refractivity (Wildman–Crippen MR) is 116 cm³/mol. The minimum Gasteiger partial charge on any atom is -0.379 e. The van der Waals surface area contributed by atoms with Crippen LogP contribution in [0.1, 0.15) is 28.9 Å². The summed E-state index contributed by atoms with van der Waals surface area (Å²) >= 11 is 0. The summed E-state index contributed by atoms with van der Waals surface area (Å²) in [6.45, 7) is 3.30. The SMILES string of the molecule is C[C@H](NC(=O)c1cccc(S(=O)(=O)N2CCOCC2)c1)c1ccc2ccccc2c1. The van der Waals surface area contributed by atoms with Crippen molar-refractivity contribution in [2.24, 2.45) is 0 Å². The van der Waals surface area contributed by atoms with Gasteiger partial charge in [0.1, 0.15) is 0 Å². The number of morpholine rings is 1. The summed E-state index contributed by atoms with van der Waals surface area (Å²) in [6.07, 6.45) is 0. The zero-order valence-electron chi connectivity index (χ0n) is 16.7. The van der Waals surface area contributed by atoms with Crippen LogP contribution < -0.4 is 5.32 Å². The molecule has 7 heteroatoms. The summed E-state index contributed by atoms with van der Waals surface area (Å²) in [4.78, 5) is 12.9. The lowest BCUT2D eigenvalue weighted by atomic mass is 10.0. The summed E-state index contributed by atoms with van der Waals surface area (Å²) in [5.41, 5.74) is 1.30. The molecule has 1 aliphatic rings. The molecule has 1 fully saturated rings. The molecule has 156 valence electrons. The molecule has 1 saturated heterocycles. The van der Waals surface area contributed by atoms with Gasteiger partial charge in [-0.3, -0.25) is 4.79 Å². The second kappa shape index (κ2) is 8.55. The normalized spacial score (nSPS) is 16.3. The minimum atomic E-state index is -3.65. The average Bonchev–Trinajstić information content (AvgIpc) is 2.79. The van der Waals surface area contributed by atoms with Gasteiger partial charge in [-0.15, -0.1) is 0 Å². The van der Waals surface area contributed by atoms with E-state index >= 15 is 0 Å². The summed E-state index contributed by atoms with van der Waals surface area (Å²) in [6, 6.07) is 20.1. The fraction of sp³-hybridized carbons (Fsp3) is 0.261. The molecule has 30 heavy (non-hydrogen) atoms. The van der Waals surface area contributed by atoms with Gasteiger partial charge in [-0.05, 0) is 47.5 Å². The van der Waals surface area contributed by atoms with Crippen molar-refractivity contribution in [2.75, 3.05) is 26.3 Å². The molecular weight excluding hydrogens is 400 g/mol. The lowest BCUT2D eigenvalue weighted by Gasteiger charge is -2.26. The monoisotopic (exact) mass is 424 g/mol. The van der Waals surface area contributed by atoms with Gasteiger partial charge in [0.05, 0.1) is 24.2 Å². The molecule has 1 N–H and O–H groups in total. The first-order valence-corrected chi connectivity index (χ1v) is 11.4. The highest BCUT2D eigenvalue weighted by Crippen LogP contribution is 2.22. The van der Waals surface area contributed by atoms with E-state index in [0.29, 0.717) is 31.9 Å². The second-order valence-corrected chi connectivity index (χ2v) is 9.28. The van der Waals surface area contributed by atoms with Crippen molar-refractivity contribution in [3.05, 3.63) is 77.9 Å². The van der Waals surface area contributed by atoms with Gasteiger partial charge in [0.25, 0.3) is 5.91 Å². The van der Waals surface area contributed by atoms with Crippen LogP contribution in [0.3, 0.4) is 0 Å². The van der Waals surface area contributed by atoms with Crippen molar-refractivity contribution < 1.29 is 17.9 Å². The van der Waals surface area contributed by atoms with E-state index in [4.69, 9.17) is 4.74 Å². The number of benzene rings is 3. The molecule has 0 radical (unpaired) electrons. The third kappa shape index (κ3) is 4.23. The van der Waals surface area contributed by atoms with Crippen LogP contribution in [-0.4, -0.2) is 44.9 Å². The average molecular weight is 425 g/mol. The van der Waals surface area contributed by atoms with Crippen LogP contribution in [0.2, 0.25) is 0 Å². The lowest BCUT2D eigenvalue weighted by molar-refractivity contribution is 0.0730. The van der Waals surface area contributed by atoms with Gasteiger partial charge in [0.15, 0.2) is 0 Å². The summed E-state index contributed by atoms with van der Waals surface area (Å²) < 4.78 is 32.4. The van der Waals surface area contributed by atoms with Crippen molar-refractivity contribution in [1.82, 2.24) is 9.62 Å². The van der Waals surface area contributed by atoms with Gasteiger partial charge in [0.2, 0.25) is 10.0 Å². The van der Waals surface area contributed by atoms with E-state index in [1.165, 1.54) is 16.4 Å². The van der Waals surface area contributed by atoms with E-state index < -0.39 is 10.0 Å². The van der Waals surface area contributed by atoms with Crippen LogP contribution in [0.25, 0.3) is 10.8 Å². The first kappa shape index (κ1) is 20.5. The second-order valence-electron chi connectivity index (χ2n) is 7.35. The number of amides is 1. The van der Waals surface area contributed by atoms with Crippen molar-refractivity contribution in [1.29, 1.82) is 0 Å². The van der Waals surface area contributed by atoms with E-state index in [1.54, 1.807) is 12.1 Å². The van der Waals surface area contributed by atoms with Crippen LogP contribution >= 0.6 is 0 Å². The maximum atomic E-state index is 12.9. The number of nitrogens with one attached hydrogen (secondary N) is 1. The van der Waals surface area contributed by atoms with Gasteiger partial charge < -0.3 is 10.1 Å². The van der Waals surface area contributed by atoms with Gasteiger partial charge >= 0.3 is 0 Å². The largest absolute Gasteiger partial charge is 0.379 e. The first-order valence-electron chi connectivity index (χ1n) is 9.93. The molecule has 1 atom stereocenters. The third-order valence-corrected chi connectivity index (χ3v) is 7.22. The zero-order valence-corrected chi connectivity index (χ0v) is 17.6. The molecule has 1 heterocycles. The molecular formula is C23H24N2O4S. The van der Waals surface area contributed by atoms with E-state index in [0.717, 1.165) is 16.3 Å². The Balaban J connectivity index is 1.52. The molecule has 0 saturated carbocycles. The Morgan fingerprint density at radius 1 is 0.967 bits per heavy atom. The first-order chi connectivity index (χ1) is 14.4. The van der Waals surface area contributed by atoms with E-state index in [9.17, 15) is 13.2 Å². The molecule has 0 aromatic heterocycles. The number of nitrogens with zero attached hydrogens (tertiary/aromatic N) is 1.